The van der Waals surface area contributed by atoms with Crippen molar-refractivity contribution < 1.29 is 13.2 Å². The van der Waals surface area contributed by atoms with Crippen molar-refractivity contribution >= 4 is 42.6 Å². The summed E-state index contributed by atoms with van der Waals surface area (Å²) in [6.45, 7) is 4.30. The second kappa shape index (κ2) is 7.14. The van der Waals surface area contributed by atoms with Crippen LogP contribution in [-0.4, -0.2) is 61.6 Å². The molecule has 1 aliphatic heterocycles. The van der Waals surface area contributed by atoms with Crippen molar-refractivity contribution in [2.75, 3.05) is 37.3 Å². The third kappa shape index (κ3) is 3.59. The molecular formula is C19H20N4O3S2. The number of sulfone groups is 1. The lowest BCUT2D eigenvalue weighted by atomic mass is 10.1. The van der Waals surface area contributed by atoms with E-state index in [0.29, 0.717) is 31.7 Å². The average molecular weight is 417 g/mol. The molecule has 0 spiro atoms. The molecule has 0 unspecified atom stereocenters. The highest BCUT2D eigenvalue weighted by atomic mass is 32.2. The van der Waals surface area contributed by atoms with Crippen molar-refractivity contribution in [3.05, 3.63) is 47.7 Å². The van der Waals surface area contributed by atoms with Gasteiger partial charge in [-0.3, -0.25) is 4.79 Å². The number of anilines is 1. The summed E-state index contributed by atoms with van der Waals surface area (Å²) >= 11 is 1.55. The van der Waals surface area contributed by atoms with Gasteiger partial charge in [0.2, 0.25) is 0 Å². The van der Waals surface area contributed by atoms with Gasteiger partial charge in [-0.15, -0.1) is 0 Å². The van der Waals surface area contributed by atoms with Crippen LogP contribution < -0.4 is 4.90 Å². The minimum Gasteiger partial charge on any atom is -0.344 e. The number of aromatic nitrogens is 2. The van der Waals surface area contributed by atoms with Crippen LogP contribution in [0.2, 0.25) is 0 Å². The SMILES string of the molecule is Cc1ccc(S(C)(=O)=O)cc1C(=O)N1CCN(c2nc3cccnc3s2)CC1. The fourth-order valence-electron chi connectivity index (χ4n) is 3.23. The number of amides is 1. The molecule has 1 amide bonds. The highest BCUT2D eigenvalue weighted by molar-refractivity contribution is 7.90. The summed E-state index contributed by atoms with van der Waals surface area (Å²) in [4.78, 5) is 26.9. The van der Waals surface area contributed by atoms with Gasteiger partial charge in [-0.25, -0.2) is 18.4 Å². The Hall–Kier alpha value is -2.52. The average Bonchev–Trinajstić information content (AvgIpc) is 3.11. The minimum absolute atomic E-state index is 0.131. The summed E-state index contributed by atoms with van der Waals surface area (Å²) in [5, 5.41) is 0.913. The third-order valence-electron chi connectivity index (χ3n) is 4.86. The van der Waals surface area contributed by atoms with Crippen LogP contribution >= 0.6 is 11.3 Å². The van der Waals surface area contributed by atoms with Gasteiger partial charge < -0.3 is 9.80 Å². The van der Waals surface area contributed by atoms with Crippen LogP contribution in [0.15, 0.2) is 41.4 Å². The Balaban J connectivity index is 1.50. The van der Waals surface area contributed by atoms with Crippen LogP contribution in [0.3, 0.4) is 0 Å². The van der Waals surface area contributed by atoms with Crippen molar-refractivity contribution in [2.45, 2.75) is 11.8 Å². The second-order valence-corrected chi connectivity index (χ2v) is 9.82. The summed E-state index contributed by atoms with van der Waals surface area (Å²) in [6.07, 6.45) is 2.91. The Kier molecular flexibility index (Phi) is 4.80. The van der Waals surface area contributed by atoms with Crippen LogP contribution in [0.1, 0.15) is 15.9 Å². The molecule has 28 heavy (non-hydrogen) atoms. The zero-order valence-electron chi connectivity index (χ0n) is 15.6. The second-order valence-electron chi connectivity index (χ2n) is 6.85. The van der Waals surface area contributed by atoms with Gasteiger partial charge in [0.05, 0.1) is 4.90 Å². The van der Waals surface area contributed by atoms with E-state index in [2.05, 4.69) is 14.9 Å². The zero-order chi connectivity index (χ0) is 19.9. The van der Waals surface area contributed by atoms with E-state index in [4.69, 9.17) is 0 Å². The number of piperazine rings is 1. The lowest BCUT2D eigenvalue weighted by Crippen LogP contribution is -2.49. The summed E-state index contributed by atoms with van der Waals surface area (Å²) < 4.78 is 23.7. The maximum Gasteiger partial charge on any atom is 0.254 e. The lowest BCUT2D eigenvalue weighted by Gasteiger charge is -2.34. The molecular weight excluding hydrogens is 396 g/mol. The molecule has 1 saturated heterocycles. The molecule has 3 aromatic rings. The molecule has 1 aliphatic rings. The minimum atomic E-state index is -3.36. The Morgan fingerprint density at radius 3 is 2.57 bits per heavy atom. The van der Waals surface area contributed by atoms with E-state index in [1.165, 1.54) is 6.07 Å². The first kappa shape index (κ1) is 18.8. The fourth-order valence-corrected chi connectivity index (χ4v) is 4.83. The predicted molar refractivity (Wildman–Crippen MR) is 110 cm³/mol. The number of rotatable bonds is 3. The van der Waals surface area contributed by atoms with E-state index in [1.807, 2.05) is 19.1 Å². The fraction of sp³-hybridized carbons (Fsp3) is 0.316. The molecule has 7 nitrogen and oxygen atoms in total. The van der Waals surface area contributed by atoms with E-state index in [1.54, 1.807) is 34.6 Å². The Morgan fingerprint density at radius 2 is 1.89 bits per heavy atom. The third-order valence-corrected chi connectivity index (χ3v) is 7.01. The molecule has 9 heteroatoms. The van der Waals surface area contributed by atoms with Gasteiger partial charge in [0, 0.05) is 44.2 Å². The van der Waals surface area contributed by atoms with Gasteiger partial charge in [0.1, 0.15) is 10.3 Å². The number of thiazole rings is 1. The van der Waals surface area contributed by atoms with Crippen molar-refractivity contribution in [2.24, 2.45) is 0 Å². The first-order valence-corrected chi connectivity index (χ1v) is 11.6. The van der Waals surface area contributed by atoms with Gasteiger partial charge >= 0.3 is 0 Å². The predicted octanol–water partition coefficient (Wildman–Crippen LogP) is 2.37. The van der Waals surface area contributed by atoms with Crippen LogP contribution in [0.25, 0.3) is 10.3 Å². The monoisotopic (exact) mass is 416 g/mol. The van der Waals surface area contributed by atoms with Gasteiger partial charge in [0.25, 0.3) is 5.91 Å². The molecule has 3 heterocycles. The molecule has 0 bridgehead atoms. The molecule has 1 fully saturated rings. The molecule has 0 N–H and O–H groups in total. The van der Waals surface area contributed by atoms with Gasteiger partial charge in [0.15, 0.2) is 15.0 Å². The van der Waals surface area contributed by atoms with E-state index < -0.39 is 9.84 Å². The first-order valence-electron chi connectivity index (χ1n) is 8.89. The molecule has 4 rings (SSSR count). The summed E-state index contributed by atoms with van der Waals surface area (Å²) in [7, 11) is -3.36. The molecule has 0 radical (unpaired) electrons. The topological polar surface area (TPSA) is 83.5 Å². The smallest absolute Gasteiger partial charge is 0.254 e. The van der Waals surface area contributed by atoms with Gasteiger partial charge in [-0.05, 0) is 36.8 Å². The number of hydrogen-bond donors (Lipinski definition) is 0. The highest BCUT2D eigenvalue weighted by Gasteiger charge is 2.25. The summed E-state index contributed by atoms with van der Waals surface area (Å²) in [5.74, 6) is -0.131. The van der Waals surface area contributed by atoms with Crippen LogP contribution in [0.5, 0.6) is 0 Å². The summed E-state index contributed by atoms with van der Waals surface area (Å²) in [6, 6.07) is 8.53. The first-order chi connectivity index (χ1) is 13.3. The maximum absolute atomic E-state index is 13.0. The largest absolute Gasteiger partial charge is 0.344 e. The summed E-state index contributed by atoms with van der Waals surface area (Å²) in [5.41, 5.74) is 2.10. The van der Waals surface area contributed by atoms with Crippen LogP contribution in [-0.2, 0) is 9.84 Å². The number of pyridine rings is 1. The lowest BCUT2D eigenvalue weighted by molar-refractivity contribution is 0.0746. The number of aryl methyl sites for hydroxylation is 1. The normalized spacial score (nSPS) is 15.2. The molecule has 146 valence electrons. The van der Waals surface area contributed by atoms with Crippen molar-refractivity contribution in [3.8, 4) is 0 Å². The van der Waals surface area contributed by atoms with E-state index in [-0.39, 0.29) is 10.8 Å². The molecule has 0 atom stereocenters. The molecule has 0 aliphatic carbocycles. The highest BCUT2D eigenvalue weighted by Crippen LogP contribution is 2.28. The number of benzene rings is 1. The standard InChI is InChI=1S/C19H20N4O3S2/c1-13-5-6-14(28(2,25)26)12-15(13)18(24)22-8-10-23(11-9-22)19-21-16-4-3-7-20-17(16)27-19/h3-7,12H,8-11H2,1-2H3. The molecule has 0 saturated carbocycles. The van der Waals surface area contributed by atoms with Gasteiger partial charge in [-0.1, -0.05) is 17.4 Å². The van der Waals surface area contributed by atoms with E-state index in [0.717, 1.165) is 27.3 Å². The van der Waals surface area contributed by atoms with Crippen molar-refractivity contribution in [1.29, 1.82) is 0 Å². The molecule has 1 aromatic carbocycles. The van der Waals surface area contributed by atoms with Crippen LogP contribution in [0.4, 0.5) is 5.13 Å². The van der Waals surface area contributed by atoms with E-state index in [9.17, 15) is 13.2 Å². The van der Waals surface area contributed by atoms with Crippen molar-refractivity contribution in [3.63, 3.8) is 0 Å². The number of carbonyl (C=O) groups excluding carboxylic acids is 1. The number of fused-ring (bicyclic) bond motifs is 1. The Labute approximate surface area is 167 Å². The number of hydrogen-bond acceptors (Lipinski definition) is 7. The molecule has 2 aromatic heterocycles. The Bertz CT molecular complexity index is 1120. The van der Waals surface area contributed by atoms with E-state index >= 15 is 0 Å². The Morgan fingerprint density at radius 1 is 1.14 bits per heavy atom. The van der Waals surface area contributed by atoms with Crippen molar-refractivity contribution in [1.82, 2.24) is 14.9 Å². The number of carbonyl (C=O) groups is 1. The van der Waals surface area contributed by atoms with Gasteiger partial charge in [-0.2, -0.15) is 0 Å². The zero-order valence-corrected chi connectivity index (χ0v) is 17.3. The number of nitrogens with zero attached hydrogens (tertiary/aromatic N) is 4. The quantitative estimate of drug-likeness (QED) is 0.652. The maximum atomic E-state index is 13.0. The van der Waals surface area contributed by atoms with Crippen LogP contribution in [0, 0.1) is 6.92 Å².